The molecule has 4 rings (SSSR count). The van der Waals surface area contributed by atoms with Crippen LogP contribution in [0.15, 0.2) is 58.3 Å². The van der Waals surface area contributed by atoms with E-state index in [1.54, 1.807) is 12.1 Å². The lowest BCUT2D eigenvalue weighted by Crippen LogP contribution is -2.33. The van der Waals surface area contributed by atoms with Gasteiger partial charge in [-0.15, -0.1) is 0 Å². The maximum Gasteiger partial charge on any atom is 0.446 e. The Morgan fingerprint density at radius 1 is 1.09 bits per heavy atom. The maximum absolute atomic E-state index is 12.6. The monoisotopic (exact) mass is 484 g/mol. The molecule has 1 aliphatic heterocycles. The quantitative estimate of drug-likeness (QED) is 0.582. The normalized spacial score (nSPS) is 22.9. The van der Waals surface area contributed by atoms with E-state index in [1.165, 1.54) is 0 Å². The van der Waals surface area contributed by atoms with Crippen molar-refractivity contribution in [3.8, 4) is 0 Å². The van der Waals surface area contributed by atoms with E-state index in [9.17, 15) is 26.4 Å². The summed E-state index contributed by atoms with van der Waals surface area (Å²) in [5.41, 5.74) is -2.93. The van der Waals surface area contributed by atoms with Crippen molar-refractivity contribution < 1.29 is 26.4 Å². The van der Waals surface area contributed by atoms with Gasteiger partial charge in [-0.25, -0.2) is 8.42 Å². The Balaban J connectivity index is 1.39. The number of thioether (sulfide) groups is 1. The number of carbonyl (C=O) groups excluding carboxylic acids is 1. The van der Waals surface area contributed by atoms with Gasteiger partial charge in [-0.05, 0) is 77.9 Å². The fraction of sp³-hybridized carbons (Fsp3) is 0.409. The van der Waals surface area contributed by atoms with Crippen LogP contribution in [0.3, 0.4) is 0 Å². The molecular formula is C22H23F3N2O3S2. The number of alkyl halides is 3. The average Bonchev–Trinajstić information content (AvgIpc) is 3.04. The third-order valence-corrected chi connectivity index (χ3v) is 8.32. The predicted octanol–water partition coefficient (Wildman–Crippen LogP) is 5.07. The first-order chi connectivity index (χ1) is 15.1. The number of likely N-dealkylation sites (tertiary alicyclic amines) is 1. The molecule has 2 fully saturated rings. The van der Waals surface area contributed by atoms with E-state index >= 15 is 0 Å². The summed E-state index contributed by atoms with van der Waals surface area (Å²) in [4.78, 5) is 13.7. The van der Waals surface area contributed by atoms with Crippen LogP contribution in [0.2, 0.25) is 0 Å². The summed E-state index contributed by atoms with van der Waals surface area (Å²) in [7, 11) is -3.92. The number of rotatable bonds is 6. The Morgan fingerprint density at radius 2 is 1.75 bits per heavy atom. The summed E-state index contributed by atoms with van der Waals surface area (Å²) in [6, 6.07) is 11.8. The van der Waals surface area contributed by atoms with Gasteiger partial charge in [0, 0.05) is 30.1 Å². The fourth-order valence-electron chi connectivity index (χ4n) is 4.55. The molecule has 32 heavy (non-hydrogen) atoms. The summed E-state index contributed by atoms with van der Waals surface area (Å²) in [6.45, 7) is 3.47. The van der Waals surface area contributed by atoms with Crippen LogP contribution in [0.5, 0.6) is 0 Å². The Morgan fingerprint density at radius 3 is 2.34 bits per heavy atom. The van der Waals surface area contributed by atoms with Crippen LogP contribution in [0, 0.1) is 11.8 Å². The van der Waals surface area contributed by atoms with Gasteiger partial charge in [0.1, 0.15) is 0 Å². The Hall–Kier alpha value is -2.20. The molecule has 0 radical (unpaired) electrons. The summed E-state index contributed by atoms with van der Waals surface area (Å²) in [6.07, 6.45) is 1.54. The van der Waals surface area contributed by atoms with Crippen LogP contribution in [0.4, 0.5) is 18.9 Å². The molecule has 1 heterocycles. The van der Waals surface area contributed by atoms with Gasteiger partial charge in [0.2, 0.25) is 5.91 Å². The molecule has 1 N–H and O–H groups in total. The number of nitrogens with one attached hydrogen (secondary N) is 1. The van der Waals surface area contributed by atoms with Crippen LogP contribution in [0.25, 0.3) is 0 Å². The standard InChI is InChI=1S/C22H23F3N2O3S2/c1-2-21(28)27-12-15-11-19(20(15)13-27)14-3-5-16(6-4-14)26-32(29,30)18-9-7-17(8-10-18)31-22(23,24)25/h3-10,15,19-20,26H,2,11-13H2,1H3. The van der Waals surface area contributed by atoms with E-state index in [0.717, 1.165) is 49.3 Å². The number of amides is 1. The smallest absolute Gasteiger partial charge is 0.342 e. The van der Waals surface area contributed by atoms with Crippen molar-refractivity contribution in [1.29, 1.82) is 0 Å². The Kier molecular flexibility index (Phi) is 6.19. The van der Waals surface area contributed by atoms with E-state index in [-0.39, 0.29) is 27.5 Å². The van der Waals surface area contributed by atoms with Crippen LogP contribution < -0.4 is 4.72 Å². The number of fused-ring (bicyclic) bond motifs is 1. The molecule has 3 unspecified atom stereocenters. The van der Waals surface area contributed by atoms with Crippen molar-refractivity contribution in [2.75, 3.05) is 17.8 Å². The highest BCUT2D eigenvalue weighted by Crippen LogP contribution is 2.51. The van der Waals surface area contributed by atoms with Crippen LogP contribution >= 0.6 is 11.8 Å². The lowest BCUT2D eigenvalue weighted by molar-refractivity contribution is -0.129. The summed E-state index contributed by atoms with van der Waals surface area (Å²) in [5, 5.41) is 0. The topological polar surface area (TPSA) is 66.5 Å². The summed E-state index contributed by atoms with van der Waals surface area (Å²) >= 11 is -0.292. The first-order valence-corrected chi connectivity index (χ1v) is 12.6. The molecule has 1 aliphatic carbocycles. The molecule has 2 aliphatic rings. The summed E-state index contributed by atoms with van der Waals surface area (Å²) in [5.74, 6) is 1.53. The van der Waals surface area contributed by atoms with Crippen molar-refractivity contribution in [1.82, 2.24) is 4.90 Å². The van der Waals surface area contributed by atoms with Gasteiger partial charge in [0.25, 0.3) is 10.0 Å². The second kappa shape index (κ2) is 8.62. The minimum atomic E-state index is -4.43. The van der Waals surface area contributed by atoms with Gasteiger partial charge in [0.15, 0.2) is 0 Å². The fourth-order valence-corrected chi connectivity index (χ4v) is 6.15. The van der Waals surface area contributed by atoms with E-state index in [0.29, 0.717) is 29.9 Å². The zero-order chi connectivity index (χ0) is 23.1. The Bertz CT molecular complexity index is 1090. The molecule has 3 atom stereocenters. The molecule has 10 heteroatoms. The Labute approximate surface area is 189 Å². The second-order valence-electron chi connectivity index (χ2n) is 8.17. The van der Waals surface area contributed by atoms with Gasteiger partial charge in [0.05, 0.1) is 4.90 Å². The van der Waals surface area contributed by atoms with Gasteiger partial charge in [-0.2, -0.15) is 13.2 Å². The highest BCUT2D eigenvalue weighted by atomic mass is 32.2. The van der Waals surface area contributed by atoms with E-state index in [4.69, 9.17) is 0 Å². The average molecular weight is 485 g/mol. The molecule has 5 nitrogen and oxygen atoms in total. The molecule has 1 amide bonds. The molecule has 1 saturated carbocycles. The number of benzene rings is 2. The number of nitrogens with zero attached hydrogens (tertiary/aromatic N) is 1. The first-order valence-electron chi connectivity index (χ1n) is 10.3. The van der Waals surface area contributed by atoms with Gasteiger partial charge >= 0.3 is 5.51 Å². The van der Waals surface area contributed by atoms with Crippen LogP contribution in [-0.2, 0) is 14.8 Å². The minimum absolute atomic E-state index is 0.0780. The minimum Gasteiger partial charge on any atom is -0.342 e. The number of carbonyl (C=O) groups is 1. The molecule has 2 aromatic carbocycles. The lowest BCUT2D eigenvalue weighted by atomic mass is 9.64. The van der Waals surface area contributed by atoms with Crippen molar-refractivity contribution >= 4 is 33.4 Å². The summed E-state index contributed by atoms with van der Waals surface area (Å²) < 4.78 is 65.0. The van der Waals surface area contributed by atoms with Crippen LogP contribution in [0.1, 0.15) is 31.2 Å². The zero-order valence-corrected chi connectivity index (χ0v) is 18.9. The SMILES string of the molecule is CCC(=O)N1CC2CC(c3ccc(NS(=O)(=O)c4ccc(SC(F)(F)F)cc4)cc3)C2C1. The van der Waals surface area contributed by atoms with Gasteiger partial charge < -0.3 is 4.90 Å². The molecule has 0 spiro atoms. The molecular weight excluding hydrogens is 461 g/mol. The third-order valence-electron chi connectivity index (χ3n) is 6.18. The molecule has 2 aromatic rings. The lowest BCUT2D eigenvalue weighted by Gasteiger charge is -2.39. The zero-order valence-electron chi connectivity index (χ0n) is 17.3. The molecule has 0 bridgehead atoms. The first kappa shape index (κ1) is 23.0. The molecule has 1 saturated heterocycles. The van der Waals surface area contributed by atoms with Crippen molar-refractivity contribution in [3.63, 3.8) is 0 Å². The molecule has 172 valence electrons. The largest absolute Gasteiger partial charge is 0.446 e. The maximum atomic E-state index is 12.6. The van der Waals surface area contributed by atoms with Gasteiger partial charge in [-0.3, -0.25) is 9.52 Å². The highest BCUT2D eigenvalue weighted by Gasteiger charge is 2.48. The number of hydrogen-bond acceptors (Lipinski definition) is 4. The number of halogens is 3. The molecule has 0 aromatic heterocycles. The van der Waals surface area contributed by atoms with Gasteiger partial charge in [-0.1, -0.05) is 19.1 Å². The number of anilines is 1. The third kappa shape index (κ3) is 4.91. The number of hydrogen-bond donors (Lipinski definition) is 1. The highest BCUT2D eigenvalue weighted by molar-refractivity contribution is 8.00. The number of sulfonamides is 1. The second-order valence-corrected chi connectivity index (χ2v) is 11.0. The van der Waals surface area contributed by atoms with E-state index < -0.39 is 15.5 Å². The van der Waals surface area contributed by atoms with E-state index in [2.05, 4.69) is 4.72 Å². The van der Waals surface area contributed by atoms with Crippen molar-refractivity contribution in [3.05, 3.63) is 54.1 Å². The van der Waals surface area contributed by atoms with Crippen LogP contribution in [-0.4, -0.2) is 37.8 Å². The predicted molar refractivity (Wildman–Crippen MR) is 117 cm³/mol. The van der Waals surface area contributed by atoms with E-state index in [1.807, 2.05) is 24.0 Å². The van der Waals surface area contributed by atoms with Crippen molar-refractivity contribution in [2.24, 2.45) is 11.8 Å². The van der Waals surface area contributed by atoms with Crippen molar-refractivity contribution in [2.45, 2.75) is 41.0 Å².